The second-order valence-electron chi connectivity index (χ2n) is 3.17. The number of carboxylic acids is 1. The lowest BCUT2D eigenvalue weighted by Gasteiger charge is -2.15. The largest absolute Gasteiger partial charge is 0.480 e. The van der Waals surface area contributed by atoms with Crippen LogP contribution in [0.5, 0.6) is 0 Å². The molecule has 8 heteroatoms. The van der Waals surface area contributed by atoms with Crippen LogP contribution in [0.2, 0.25) is 0 Å². The average molecular weight is 255 g/mol. The monoisotopic (exact) mass is 255 g/mol. The number of nitrogens with two attached hydrogens (primary N) is 1. The first-order valence-electron chi connectivity index (χ1n) is 4.19. The van der Waals surface area contributed by atoms with E-state index in [0.29, 0.717) is 0 Å². The Kier molecular flexibility index (Phi) is 3.37. The number of hydrogen-bond acceptors (Lipinski definition) is 2. The van der Waals surface area contributed by atoms with E-state index in [-0.39, 0.29) is 12.1 Å². The molecule has 0 bridgehead atoms. The SMILES string of the molecule is N[C@H](C(=O)O)c1cc(F)c(F)cc1C(F)(F)F. The number of carboxylic acid groups (broad SMARTS) is 1. The van der Waals surface area contributed by atoms with E-state index >= 15 is 0 Å². The second-order valence-corrected chi connectivity index (χ2v) is 3.17. The minimum absolute atomic E-state index is 0.118. The predicted molar refractivity (Wildman–Crippen MR) is 45.9 cm³/mol. The maximum Gasteiger partial charge on any atom is 0.416 e. The summed E-state index contributed by atoms with van der Waals surface area (Å²) >= 11 is 0. The van der Waals surface area contributed by atoms with Crippen molar-refractivity contribution in [3.05, 3.63) is 34.9 Å². The molecule has 0 aliphatic carbocycles. The van der Waals surface area contributed by atoms with Gasteiger partial charge in [-0.05, 0) is 17.7 Å². The number of hydrogen-bond donors (Lipinski definition) is 2. The summed E-state index contributed by atoms with van der Waals surface area (Å²) in [6, 6.07) is -2.06. The van der Waals surface area contributed by atoms with E-state index in [1.165, 1.54) is 0 Å². The molecule has 0 heterocycles. The van der Waals surface area contributed by atoms with Crippen molar-refractivity contribution in [2.75, 3.05) is 0 Å². The normalized spacial score (nSPS) is 13.5. The molecule has 1 aromatic carbocycles. The van der Waals surface area contributed by atoms with Crippen LogP contribution in [0.4, 0.5) is 22.0 Å². The van der Waals surface area contributed by atoms with Crippen molar-refractivity contribution >= 4 is 5.97 Å². The molecule has 0 aliphatic heterocycles. The maximum atomic E-state index is 12.8. The standard InChI is InChI=1S/C9H6F5NO2/c10-5-1-3(7(15)8(16)17)4(2-6(5)11)9(12,13)14/h1-2,7H,15H2,(H,16,17)/t7-/m0/s1. The summed E-state index contributed by atoms with van der Waals surface area (Å²) in [4.78, 5) is 10.5. The molecule has 3 nitrogen and oxygen atoms in total. The number of alkyl halides is 3. The van der Waals surface area contributed by atoms with Crippen LogP contribution in [0.15, 0.2) is 12.1 Å². The van der Waals surface area contributed by atoms with E-state index in [1.807, 2.05) is 0 Å². The molecular formula is C9H6F5NO2. The molecule has 1 rings (SSSR count). The molecule has 0 unspecified atom stereocenters. The summed E-state index contributed by atoms with van der Waals surface area (Å²) in [6.07, 6.45) is -5.02. The van der Waals surface area contributed by atoms with Gasteiger partial charge < -0.3 is 10.8 Å². The summed E-state index contributed by atoms with van der Waals surface area (Å²) in [5.41, 5.74) is 2.34. The fourth-order valence-electron chi connectivity index (χ4n) is 1.20. The highest BCUT2D eigenvalue weighted by molar-refractivity contribution is 5.75. The molecule has 94 valence electrons. The van der Waals surface area contributed by atoms with Crippen molar-refractivity contribution in [3.63, 3.8) is 0 Å². The van der Waals surface area contributed by atoms with Gasteiger partial charge in [-0.3, -0.25) is 4.79 Å². The zero-order valence-corrected chi connectivity index (χ0v) is 8.05. The summed E-state index contributed by atoms with van der Waals surface area (Å²) in [5, 5.41) is 8.48. The van der Waals surface area contributed by atoms with E-state index in [4.69, 9.17) is 10.8 Å². The smallest absolute Gasteiger partial charge is 0.416 e. The molecule has 0 amide bonds. The van der Waals surface area contributed by atoms with Gasteiger partial charge in [0.1, 0.15) is 6.04 Å². The molecule has 0 spiro atoms. The molecule has 0 fully saturated rings. The summed E-state index contributed by atoms with van der Waals surface area (Å²) < 4.78 is 62.8. The van der Waals surface area contributed by atoms with Gasteiger partial charge in [0.05, 0.1) is 5.56 Å². The maximum absolute atomic E-state index is 12.8. The fraction of sp³-hybridized carbons (Fsp3) is 0.222. The van der Waals surface area contributed by atoms with Crippen LogP contribution < -0.4 is 5.73 Å². The molecule has 0 saturated carbocycles. The fourth-order valence-corrected chi connectivity index (χ4v) is 1.20. The number of halogens is 5. The van der Waals surface area contributed by atoms with Gasteiger partial charge in [-0.2, -0.15) is 13.2 Å². The zero-order chi connectivity index (χ0) is 13.4. The zero-order valence-electron chi connectivity index (χ0n) is 8.05. The third-order valence-corrected chi connectivity index (χ3v) is 2.00. The van der Waals surface area contributed by atoms with Gasteiger partial charge in [-0.15, -0.1) is 0 Å². The molecule has 0 aromatic heterocycles. The van der Waals surface area contributed by atoms with Crippen LogP contribution in [0.1, 0.15) is 17.2 Å². The quantitative estimate of drug-likeness (QED) is 0.795. The lowest BCUT2D eigenvalue weighted by molar-refractivity contribution is -0.141. The molecule has 0 aliphatic rings. The molecule has 0 radical (unpaired) electrons. The van der Waals surface area contributed by atoms with Crippen LogP contribution in [0, 0.1) is 11.6 Å². The van der Waals surface area contributed by atoms with E-state index in [9.17, 15) is 26.7 Å². The van der Waals surface area contributed by atoms with Crippen molar-refractivity contribution in [1.82, 2.24) is 0 Å². The third kappa shape index (κ3) is 2.70. The van der Waals surface area contributed by atoms with Crippen LogP contribution >= 0.6 is 0 Å². The van der Waals surface area contributed by atoms with Crippen molar-refractivity contribution < 1.29 is 31.9 Å². The number of carbonyl (C=O) groups is 1. The molecular weight excluding hydrogens is 249 g/mol. The van der Waals surface area contributed by atoms with Gasteiger partial charge in [0, 0.05) is 0 Å². The topological polar surface area (TPSA) is 63.3 Å². The Morgan fingerprint density at radius 2 is 1.71 bits per heavy atom. The Morgan fingerprint density at radius 1 is 1.24 bits per heavy atom. The van der Waals surface area contributed by atoms with E-state index in [1.54, 1.807) is 0 Å². The van der Waals surface area contributed by atoms with Crippen molar-refractivity contribution in [1.29, 1.82) is 0 Å². The van der Waals surface area contributed by atoms with E-state index < -0.39 is 40.9 Å². The summed E-state index contributed by atoms with van der Waals surface area (Å²) in [7, 11) is 0. The third-order valence-electron chi connectivity index (χ3n) is 2.00. The van der Waals surface area contributed by atoms with Crippen LogP contribution in [-0.4, -0.2) is 11.1 Å². The average Bonchev–Trinajstić information content (AvgIpc) is 2.18. The first kappa shape index (κ1) is 13.4. The Bertz CT molecular complexity index is 457. The predicted octanol–water partition coefficient (Wildman–Crippen LogP) is 2.07. The lowest BCUT2D eigenvalue weighted by Crippen LogP contribution is -2.25. The number of rotatable bonds is 2. The molecule has 1 aromatic rings. The minimum Gasteiger partial charge on any atom is -0.480 e. The van der Waals surface area contributed by atoms with Crippen LogP contribution in [0.25, 0.3) is 0 Å². The van der Waals surface area contributed by atoms with Gasteiger partial charge in [0.25, 0.3) is 0 Å². The molecule has 0 saturated heterocycles. The first-order chi connectivity index (χ1) is 7.64. The lowest BCUT2D eigenvalue weighted by atomic mass is 10.00. The Balaban J connectivity index is 3.46. The minimum atomic E-state index is -5.02. The van der Waals surface area contributed by atoms with Crippen molar-refractivity contribution in [2.45, 2.75) is 12.2 Å². The van der Waals surface area contributed by atoms with Gasteiger partial charge >= 0.3 is 12.1 Å². The van der Waals surface area contributed by atoms with Gasteiger partial charge in [-0.1, -0.05) is 0 Å². The van der Waals surface area contributed by atoms with Crippen LogP contribution in [0.3, 0.4) is 0 Å². The van der Waals surface area contributed by atoms with Gasteiger partial charge in [-0.25, -0.2) is 8.78 Å². The number of aliphatic carboxylic acids is 1. The summed E-state index contributed by atoms with van der Waals surface area (Å²) in [6.45, 7) is 0. The number of benzene rings is 1. The summed E-state index contributed by atoms with van der Waals surface area (Å²) in [5.74, 6) is -5.09. The van der Waals surface area contributed by atoms with Crippen molar-refractivity contribution in [2.24, 2.45) is 5.73 Å². The Labute approximate surface area is 91.6 Å². The molecule has 17 heavy (non-hydrogen) atoms. The molecule has 3 N–H and O–H groups in total. The van der Waals surface area contributed by atoms with Gasteiger partial charge in [0.2, 0.25) is 0 Å². The van der Waals surface area contributed by atoms with Gasteiger partial charge in [0.15, 0.2) is 11.6 Å². The van der Waals surface area contributed by atoms with E-state index in [0.717, 1.165) is 0 Å². The first-order valence-corrected chi connectivity index (χ1v) is 4.19. The second kappa shape index (κ2) is 4.28. The van der Waals surface area contributed by atoms with E-state index in [2.05, 4.69) is 0 Å². The van der Waals surface area contributed by atoms with Crippen molar-refractivity contribution in [3.8, 4) is 0 Å². The highest BCUT2D eigenvalue weighted by Crippen LogP contribution is 2.35. The Hall–Kier alpha value is -1.70. The van der Waals surface area contributed by atoms with Crippen LogP contribution in [-0.2, 0) is 11.0 Å². The highest BCUT2D eigenvalue weighted by atomic mass is 19.4. The molecule has 1 atom stereocenters. The highest BCUT2D eigenvalue weighted by Gasteiger charge is 2.37. The Morgan fingerprint density at radius 3 is 2.12 bits per heavy atom.